The van der Waals surface area contributed by atoms with Gasteiger partial charge in [-0.1, -0.05) is 55.0 Å². The van der Waals surface area contributed by atoms with Crippen LogP contribution in [0.5, 0.6) is 0 Å². The summed E-state index contributed by atoms with van der Waals surface area (Å²) in [7, 11) is 0. The normalized spacial score (nSPS) is 13.2. The van der Waals surface area contributed by atoms with E-state index in [4.69, 9.17) is 15.6 Å². The number of fused-ring (bicyclic) bond motifs is 3. The van der Waals surface area contributed by atoms with Crippen LogP contribution in [0, 0.1) is 0 Å². The third-order valence-corrected chi connectivity index (χ3v) is 5.73. The highest BCUT2D eigenvalue weighted by atomic mass is 16.5. The molecule has 0 fully saturated rings. The zero-order valence-electron chi connectivity index (χ0n) is 18.1. The van der Waals surface area contributed by atoms with Crippen LogP contribution in [0.1, 0.15) is 55.6 Å². The average molecular weight is 439 g/mol. The molecule has 4 N–H and O–H groups in total. The lowest BCUT2D eigenvalue weighted by molar-refractivity contribution is -0.145. The molecule has 2 aromatic carbocycles. The second-order valence-electron chi connectivity index (χ2n) is 8.06. The smallest absolute Gasteiger partial charge is 0.322 e. The summed E-state index contributed by atoms with van der Waals surface area (Å²) in [6, 6.07) is 15.4. The molecule has 0 aliphatic heterocycles. The average Bonchev–Trinajstić information content (AvgIpc) is 3.11. The molecule has 1 unspecified atom stereocenters. The molecular formula is C25H30N2O5. The summed E-state index contributed by atoms with van der Waals surface area (Å²) in [4.78, 5) is 34.8. The first kappa shape index (κ1) is 23.5. The summed E-state index contributed by atoms with van der Waals surface area (Å²) < 4.78 is 5.53. The molecule has 7 heteroatoms. The van der Waals surface area contributed by atoms with Gasteiger partial charge in [-0.15, -0.1) is 0 Å². The maximum absolute atomic E-state index is 12.4. The van der Waals surface area contributed by atoms with Gasteiger partial charge >= 0.3 is 11.9 Å². The van der Waals surface area contributed by atoms with Crippen molar-refractivity contribution in [2.75, 3.05) is 13.2 Å². The fourth-order valence-electron chi connectivity index (χ4n) is 4.01. The molecule has 7 nitrogen and oxygen atoms in total. The first-order valence-corrected chi connectivity index (χ1v) is 11.1. The highest BCUT2D eigenvalue weighted by Gasteiger charge is 2.29. The highest BCUT2D eigenvalue weighted by molar-refractivity contribution is 5.80. The van der Waals surface area contributed by atoms with Gasteiger partial charge in [0, 0.05) is 25.3 Å². The van der Waals surface area contributed by atoms with Gasteiger partial charge in [0.15, 0.2) is 0 Å². The second kappa shape index (κ2) is 11.4. The molecule has 0 saturated heterocycles. The molecule has 3 rings (SSSR count). The number of hydrogen-bond acceptors (Lipinski definition) is 5. The van der Waals surface area contributed by atoms with Crippen LogP contribution in [0.2, 0.25) is 0 Å². The van der Waals surface area contributed by atoms with E-state index < -0.39 is 18.0 Å². The van der Waals surface area contributed by atoms with Crippen molar-refractivity contribution >= 4 is 17.8 Å². The summed E-state index contributed by atoms with van der Waals surface area (Å²) in [6.45, 7) is 0.696. The topological polar surface area (TPSA) is 119 Å². The molecule has 170 valence electrons. The van der Waals surface area contributed by atoms with Crippen LogP contribution in [-0.4, -0.2) is 42.1 Å². The maximum Gasteiger partial charge on any atom is 0.322 e. The Balaban J connectivity index is 1.40. The van der Waals surface area contributed by atoms with Crippen LogP contribution in [0.3, 0.4) is 0 Å². The molecule has 1 aliphatic rings. The fraction of sp³-hybridized carbons (Fsp3) is 0.400. The van der Waals surface area contributed by atoms with Crippen LogP contribution in [0.25, 0.3) is 11.1 Å². The number of ether oxygens (including phenoxy) is 1. The van der Waals surface area contributed by atoms with E-state index in [0.29, 0.717) is 13.0 Å². The van der Waals surface area contributed by atoms with Gasteiger partial charge in [-0.25, -0.2) is 0 Å². The number of nitrogens with two attached hydrogens (primary N) is 1. The zero-order chi connectivity index (χ0) is 22.9. The molecule has 1 atom stereocenters. The summed E-state index contributed by atoms with van der Waals surface area (Å²) >= 11 is 0. The van der Waals surface area contributed by atoms with Gasteiger partial charge < -0.3 is 20.9 Å². The van der Waals surface area contributed by atoms with Crippen molar-refractivity contribution in [2.24, 2.45) is 5.73 Å². The minimum atomic E-state index is -0.858. The third kappa shape index (κ3) is 6.17. The summed E-state index contributed by atoms with van der Waals surface area (Å²) in [5.41, 5.74) is 10.5. The number of carboxylic acids is 1. The van der Waals surface area contributed by atoms with Crippen molar-refractivity contribution in [1.29, 1.82) is 0 Å². The molecule has 0 bridgehead atoms. The Morgan fingerprint density at radius 1 is 0.938 bits per heavy atom. The Morgan fingerprint density at radius 2 is 1.56 bits per heavy atom. The van der Waals surface area contributed by atoms with Crippen molar-refractivity contribution in [3.63, 3.8) is 0 Å². The van der Waals surface area contributed by atoms with Gasteiger partial charge in [0.1, 0.15) is 12.6 Å². The second-order valence-corrected chi connectivity index (χ2v) is 8.06. The third-order valence-electron chi connectivity index (χ3n) is 5.73. The Bertz CT molecular complexity index is 913. The highest BCUT2D eigenvalue weighted by Crippen LogP contribution is 2.44. The van der Waals surface area contributed by atoms with Crippen LogP contribution in [0.4, 0.5) is 0 Å². The van der Waals surface area contributed by atoms with Crippen LogP contribution in [0.15, 0.2) is 48.5 Å². The van der Waals surface area contributed by atoms with Crippen molar-refractivity contribution in [3.05, 3.63) is 59.7 Å². The van der Waals surface area contributed by atoms with E-state index in [2.05, 4.69) is 29.6 Å². The monoisotopic (exact) mass is 438 g/mol. The number of hydrogen-bond donors (Lipinski definition) is 3. The summed E-state index contributed by atoms with van der Waals surface area (Å²) in [5.74, 6) is -1.52. The Kier molecular flexibility index (Phi) is 8.39. The van der Waals surface area contributed by atoms with Gasteiger partial charge in [0.25, 0.3) is 0 Å². The number of amides is 1. The molecule has 0 radical (unpaired) electrons. The van der Waals surface area contributed by atoms with E-state index in [0.717, 1.165) is 35.1 Å². The standard InChI is InChI=1S/C25H30N2O5/c26-22(13-14-23(28)27-15-7-1-2-12-24(29)30)25(31)32-16-21-19-10-5-3-8-17(19)18-9-4-6-11-20(18)21/h3-6,8-11,21-22H,1-2,7,12-16,26H2,(H,27,28)(H,29,30). The summed E-state index contributed by atoms with van der Waals surface area (Å²) in [6.07, 6.45) is 2.55. The number of benzene rings is 2. The molecule has 0 saturated carbocycles. The first-order chi connectivity index (χ1) is 15.5. The number of nitrogens with one attached hydrogen (secondary N) is 1. The Morgan fingerprint density at radius 3 is 2.19 bits per heavy atom. The molecule has 1 aliphatic carbocycles. The number of aliphatic carboxylic acids is 1. The molecule has 32 heavy (non-hydrogen) atoms. The molecule has 0 aromatic heterocycles. The largest absolute Gasteiger partial charge is 0.481 e. The van der Waals surface area contributed by atoms with Gasteiger partial charge in [-0.05, 0) is 41.5 Å². The van der Waals surface area contributed by atoms with E-state index in [1.165, 1.54) is 0 Å². The van der Waals surface area contributed by atoms with Crippen molar-refractivity contribution < 1.29 is 24.2 Å². The van der Waals surface area contributed by atoms with Gasteiger partial charge in [0.2, 0.25) is 5.91 Å². The Hall–Kier alpha value is -3.19. The number of carboxylic acid groups (broad SMARTS) is 1. The van der Waals surface area contributed by atoms with Crippen molar-refractivity contribution in [1.82, 2.24) is 5.32 Å². The number of esters is 1. The Labute approximate surface area is 188 Å². The van der Waals surface area contributed by atoms with Gasteiger partial charge in [-0.2, -0.15) is 0 Å². The van der Waals surface area contributed by atoms with Crippen molar-refractivity contribution in [3.8, 4) is 11.1 Å². The predicted molar refractivity (Wildman–Crippen MR) is 121 cm³/mol. The molecule has 0 heterocycles. The predicted octanol–water partition coefficient (Wildman–Crippen LogP) is 3.21. The van der Waals surface area contributed by atoms with Crippen LogP contribution >= 0.6 is 0 Å². The molecule has 2 aromatic rings. The lowest BCUT2D eigenvalue weighted by atomic mass is 9.98. The summed E-state index contributed by atoms with van der Waals surface area (Å²) in [5, 5.41) is 11.4. The number of carbonyl (C=O) groups is 3. The van der Waals surface area contributed by atoms with Gasteiger partial charge in [0.05, 0.1) is 0 Å². The maximum atomic E-state index is 12.4. The van der Waals surface area contributed by atoms with E-state index in [-0.39, 0.29) is 37.7 Å². The van der Waals surface area contributed by atoms with Crippen LogP contribution < -0.4 is 11.1 Å². The number of unbranched alkanes of at least 4 members (excludes halogenated alkanes) is 2. The van der Waals surface area contributed by atoms with Crippen molar-refractivity contribution in [2.45, 2.75) is 50.5 Å². The number of carbonyl (C=O) groups excluding carboxylic acids is 2. The SMILES string of the molecule is NC(CCC(=O)NCCCCCC(=O)O)C(=O)OCC1c2ccccc2-c2ccccc21. The van der Waals surface area contributed by atoms with Crippen LogP contribution in [-0.2, 0) is 19.1 Å². The lowest BCUT2D eigenvalue weighted by Gasteiger charge is -2.16. The molecule has 1 amide bonds. The van der Waals surface area contributed by atoms with E-state index in [1.807, 2.05) is 24.3 Å². The lowest BCUT2D eigenvalue weighted by Crippen LogP contribution is -2.35. The minimum absolute atomic E-state index is 0.0250. The van der Waals surface area contributed by atoms with E-state index in [1.54, 1.807) is 0 Å². The first-order valence-electron chi connectivity index (χ1n) is 11.1. The zero-order valence-corrected chi connectivity index (χ0v) is 18.1. The quantitative estimate of drug-likeness (QED) is 0.346. The van der Waals surface area contributed by atoms with E-state index in [9.17, 15) is 14.4 Å². The fourth-order valence-corrected chi connectivity index (χ4v) is 4.01. The van der Waals surface area contributed by atoms with E-state index >= 15 is 0 Å². The number of rotatable bonds is 12. The van der Waals surface area contributed by atoms with Gasteiger partial charge in [-0.3, -0.25) is 14.4 Å². The minimum Gasteiger partial charge on any atom is -0.481 e. The molecule has 0 spiro atoms. The molecular weight excluding hydrogens is 408 g/mol.